The van der Waals surface area contributed by atoms with E-state index in [2.05, 4.69) is 69.1 Å². The first-order valence-corrected chi connectivity index (χ1v) is 18.8. The van der Waals surface area contributed by atoms with E-state index in [1.54, 1.807) is 36.3 Å². The zero-order valence-electron chi connectivity index (χ0n) is 26.2. The Morgan fingerprint density at radius 2 is 1.82 bits per heavy atom. The maximum absolute atomic E-state index is 6.46. The largest absolute Gasteiger partial charge is 0.496 e. The van der Waals surface area contributed by atoms with Gasteiger partial charge in [0.1, 0.15) is 34.4 Å². The third kappa shape index (κ3) is 5.86. The molecule has 0 bridgehead atoms. The number of thiazole rings is 1. The van der Waals surface area contributed by atoms with Crippen LogP contribution >= 0.6 is 22.7 Å². The van der Waals surface area contributed by atoms with Crippen LogP contribution in [0.3, 0.4) is 0 Å². The highest BCUT2D eigenvalue weighted by molar-refractivity contribution is 7.18. The van der Waals surface area contributed by atoms with Gasteiger partial charge in [-0.2, -0.15) is 4.52 Å². The summed E-state index contributed by atoms with van der Waals surface area (Å²) in [6.45, 7) is 14.3. The van der Waals surface area contributed by atoms with Crippen molar-refractivity contribution in [2.75, 3.05) is 14.2 Å². The zero-order valence-corrected chi connectivity index (χ0v) is 28.8. The van der Waals surface area contributed by atoms with Crippen molar-refractivity contribution in [2.45, 2.75) is 59.0 Å². The third-order valence-corrected chi connectivity index (χ3v) is 14.6. The highest BCUT2D eigenvalue weighted by Gasteiger charge is 2.37. The maximum atomic E-state index is 6.46. The number of aryl methyl sites for hydroxylation is 1. The molecule has 0 saturated heterocycles. The van der Waals surface area contributed by atoms with E-state index in [-0.39, 0.29) is 5.04 Å². The number of nitrogens with zero attached hydrogens (tertiary/aromatic N) is 4. The van der Waals surface area contributed by atoms with E-state index in [1.165, 1.54) is 16.2 Å². The normalized spacial score (nSPS) is 12.4. The number of rotatable bonds is 10. The molecule has 0 saturated carbocycles. The zero-order chi connectivity index (χ0) is 31.2. The topological polar surface area (TPSA) is 93.1 Å². The van der Waals surface area contributed by atoms with Gasteiger partial charge in [0, 0.05) is 22.6 Å². The monoisotopic (exact) mass is 648 g/mol. The second kappa shape index (κ2) is 11.7. The summed E-state index contributed by atoms with van der Waals surface area (Å²) in [6, 6.07) is 14.0. The summed E-state index contributed by atoms with van der Waals surface area (Å²) in [4.78, 5) is 11.3. The fourth-order valence-corrected chi connectivity index (χ4v) is 7.01. The first kappa shape index (κ1) is 30.3. The fraction of sp³-hybridized carbons (Fsp3) is 0.344. The molecule has 230 valence electrons. The summed E-state index contributed by atoms with van der Waals surface area (Å²) in [5.74, 6) is 1.92. The SMILES string of the molecule is COc1cc(OCc2cccc(-c3nc(CO[Si](C)(C)C(C)(C)C)c(C)s3)c2)c2cc(-c3cnc4sc(OC)nn34)oc2c1. The van der Waals surface area contributed by atoms with Crippen LogP contribution in [0.25, 0.3) is 38.0 Å². The van der Waals surface area contributed by atoms with Crippen molar-refractivity contribution < 1.29 is 23.1 Å². The molecule has 0 unspecified atom stereocenters. The molecule has 6 rings (SSSR count). The van der Waals surface area contributed by atoms with Gasteiger partial charge >= 0.3 is 0 Å². The number of benzene rings is 2. The second-order valence-electron chi connectivity index (χ2n) is 12.1. The van der Waals surface area contributed by atoms with Gasteiger partial charge in [-0.05, 0) is 54.1 Å². The van der Waals surface area contributed by atoms with Gasteiger partial charge in [-0.25, -0.2) is 9.97 Å². The van der Waals surface area contributed by atoms with Gasteiger partial charge in [-0.3, -0.25) is 0 Å². The molecule has 0 aliphatic heterocycles. The summed E-state index contributed by atoms with van der Waals surface area (Å²) >= 11 is 3.06. The smallest absolute Gasteiger partial charge is 0.294 e. The lowest BCUT2D eigenvalue weighted by Gasteiger charge is -2.36. The quantitative estimate of drug-likeness (QED) is 0.136. The predicted molar refractivity (Wildman–Crippen MR) is 178 cm³/mol. The Hall–Kier alpha value is -3.71. The Bertz CT molecular complexity index is 1950. The van der Waals surface area contributed by atoms with Crippen molar-refractivity contribution >= 4 is 46.9 Å². The molecule has 9 nitrogen and oxygen atoms in total. The molecule has 0 atom stereocenters. The Balaban J connectivity index is 1.23. The maximum Gasteiger partial charge on any atom is 0.294 e. The Kier molecular flexibility index (Phi) is 8.03. The van der Waals surface area contributed by atoms with Crippen LogP contribution in [-0.4, -0.2) is 42.1 Å². The number of methoxy groups -OCH3 is 2. The van der Waals surface area contributed by atoms with Gasteiger partial charge in [0.2, 0.25) is 4.96 Å². The van der Waals surface area contributed by atoms with Gasteiger partial charge in [-0.1, -0.05) is 39.0 Å². The van der Waals surface area contributed by atoms with E-state index < -0.39 is 8.32 Å². The summed E-state index contributed by atoms with van der Waals surface area (Å²) in [6.07, 6.45) is 1.74. The van der Waals surface area contributed by atoms with E-state index in [1.807, 2.05) is 24.3 Å². The highest BCUT2D eigenvalue weighted by Crippen LogP contribution is 2.39. The average molecular weight is 649 g/mol. The van der Waals surface area contributed by atoms with Crippen molar-refractivity contribution in [2.24, 2.45) is 0 Å². The molecule has 12 heteroatoms. The van der Waals surface area contributed by atoms with E-state index in [4.69, 9.17) is 28.0 Å². The number of imidazole rings is 1. The van der Waals surface area contributed by atoms with Crippen LogP contribution < -0.4 is 14.2 Å². The molecule has 0 fully saturated rings. The van der Waals surface area contributed by atoms with E-state index in [0.29, 0.717) is 41.2 Å². The van der Waals surface area contributed by atoms with Gasteiger partial charge in [0.25, 0.3) is 5.19 Å². The van der Waals surface area contributed by atoms with Crippen LogP contribution in [0.15, 0.2) is 53.1 Å². The minimum atomic E-state index is -1.87. The molecule has 0 radical (unpaired) electrons. The summed E-state index contributed by atoms with van der Waals surface area (Å²) in [7, 11) is 1.35. The van der Waals surface area contributed by atoms with Crippen LogP contribution in [0.4, 0.5) is 0 Å². The minimum Gasteiger partial charge on any atom is -0.496 e. The Labute approximate surface area is 265 Å². The van der Waals surface area contributed by atoms with Crippen molar-refractivity contribution in [1.82, 2.24) is 19.6 Å². The lowest BCUT2D eigenvalue weighted by molar-refractivity contribution is 0.272. The number of hydrogen-bond donors (Lipinski definition) is 0. The Morgan fingerprint density at radius 3 is 2.57 bits per heavy atom. The molecule has 2 aromatic carbocycles. The van der Waals surface area contributed by atoms with E-state index in [0.717, 1.165) is 37.9 Å². The number of ether oxygens (including phenoxy) is 3. The molecule has 0 N–H and O–H groups in total. The molecule has 0 aliphatic carbocycles. The molecular formula is C32H36N4O5S2Si. The number of furan rings is 1. The molecular weight excluding hydrogens is 613 g/mol. The predicted octanol–water partition coefficient (Wildman–Crippen LogP) is 8.75. The number of aromatic nitrogens is 4. The highest BCUT2D eigenvalue weighted by atomic mass is 32.1. The summed E-state index contributed by atoms with van der Waals surface area (Å²) < 4.78 is 31.6. The van der Waals surface area contributed by atoms with Gasteiger partial charge in [0.05, 0.1) is 38.1 Å². The molecule has 44 heavy (non-hydrogen) atoms. The van der Waals surface area contributed by atoms with Crippen molar-refractivity contribution in [3.63, 3.8) is 0 Å². The molecule has 0 amide bonds. The van der Waals surface area contributed by atoms with Crippen LogP contribution in [0, 0.1) is 6.92 Å². The molecule has 4 aromatic heterocycles. The van der Waals surface area contributed by atoms with Crippen molar-refractivity contribution in [3.05, 3.63) is 64.8 Å². The van der Waals surface area contributed by atoms with Crippen LogP contribution in [0.1, 0.15) is 36.9 Å². The van der Waals surface area contributed by atoms with Crippen molar-refractivity contribution in [3.8, 4) is 38.7 Å². The van der Waals surface area contributed by atoms with Gasteiger partial charge < -0.3 is 23.1 Å². The van der Waals surface area contributed by atoms with Crippen molar-refractivity contribution in [1.29, 1.82) is 0 Å². The molecule has 0 spiro atoms. The summed E-state index contributed by atoms with van der Waals surface area (Å²) in [5, 5.41) is 6.96. The average Bonchev–Trinajstić information content (AvgIpc) is 3.77. The fourth-order valence-electron chi connectivity index (χ4n) is 4.48. The van der Waals surface area contributed by atoms with E-state index >= 15 is 0 Å². The lowest BCUT2D eigenvalue weighted by Crippen LogP contribution is -2.40. The first-order chi connectivity index (χ1) is 21.0. The number of fused-ring (bicyclic) bond motifs is 2. The number of hydrogen-bond acceptors (Lipinski definition) is 10. The van der Waals surface area contributed by atoms with Crippen LogP contribution in [-0.2, 0) is 17.6 Å². The van der Waals surface area contributed by atoms with Crippen LogP contribution in [0.2, 0.25) is 18.1 Å². The minimum absolute atomic E-state index is 0.155. The van der Waals surface area contributed by atoms with Crippen LogP contribution in [0.5, 0.6) is 16.7 Å². The Morgan fingerprint density at radius 1 is 1.00 bits per heavy atom. The van der Waals surface area contributed by atoms with E-state index in [9.17, 15) is 0 Å². The van der Waals surface area contributed by atoms with Gasteiger partial charge in [-0.15, -0.1) is 16.4 Å². The third-order valence-electron chi connectivity index (χ3n) is 8.14. The lowest BCUT2D eigenvalue weighted by atomic mass is 10.1. The second-order valence-corrected chi connectivity index (χ2v) is 19.0. The molecule has 4 heterocycles. The van der Waals surface area contributed by atoms with Gasteiger partial charge in [0.15, 0.2) is 14.1 Å². The molecule has 6 aromatic rings. The summed E-state index contributed by atoms with van der Waals surface area (Å²) in [5.41, 5.74) is 4.47. The first-order valence-electron chi connectivity index (χ1n) is 14.3. The standard InChI is InChI=1S/C32H36N4O5S2Si/c1-19-24(18-40-44(7,8)32(2,3)4)34-29(42-19)21-11-9-10-20(12-21)17-39-26-13-22(37-5)14-27-23(26)15-28(41-27)25-16-33-30-36(25)35-31(38-6)43-30/h9-16H,17-18H2,1-8H3. The molecule has 0 aliphatic rings.